The van der Waals surface area contributed by atoms with Crippen molar-refractivity contribution in [3.05, 3.63) is 18.1 Å². The van der Waals surface area contributed by atoms with Crippen molar-refractivity contribution in [1.82, 2.24) is 19.9 Å². The Hall–Kier alpha value is -1.62. The lowest BCUT2D eigenvalue weighted by Gasteiger charge is -2.23. The first kappa shape index (κ1) is 10.5. The maximum atomic E-state index is 5.86. The molecule has 1 aliphatic heterocycles. The van der Waals surface area contributed by atoms with Crippen LogP contribution >= 0.6 is 0 Å². The molecule has 2 aromatic rings. The number of nitrogens with zero attached hydrogens (tertiary/aromatic N) is 3. The summed E-state index contributed by atoms with van der Waals surface area (Å²) in [5.74, 6) is 1.02. The van der Waals surface area contributed by atoms with Gasteiger partial charge in [0.2, 0.25) is 0 Å². The van der Waals surface area contributed by atoms with E-state index in [0.717, 1.165) is 29.8 Å². The van der Waals surface area contributed by atoms with E-state index >= 15 is 0 Å². The predicted molar refractivity (Wildman–Crippen MR) is 67.8 cm³/mol. The van der Waals surface area contributed by atoms with Crippen LogP contribution in [0.1, 0.15) is 24.5 Å². The Bertz CT molecular complexity index is 539. The molecule has 0 radical (unpaired) electrons. The lowest BCUT2D eigenvalue weighted by molar-refractivity contribution is 0.456. The fourth-order valence-corrected chi connectivity index (χ4v) is 2.60. The molecule has 3 N–H and O–H groups in total. The number of aromatic nitrogens is 3. The maximum Gasteiger partial charge on any atom is 0.125 e. The summed E-state index contributed by atoms with van der Waals surface area (Å²) in [6.07, 6.45) is 4.19. The van der Waals surface area contributed by atoms with Gasteiger partial charge in [0.25, 0.3) is 0 Å². The number of imidazole rings is 1. The topological polar surface area (TPSA) is 68.8 Å². The van der Waals surface area contributed by atoms with Crippen LogP contribution in [-0.2, 0) is 7.05 Å². The van der Waals surface area contributed by atoms with Gasteiger partial charge >= 0.3 is 0 Å². The second-order valence-corrected chi connectivity index (χ2v) is 4.70. The number of aryl methyl sites for hydroxylation is 1. The molecular formula is C12H17N5. The van der Waals surface area contributed by atoms with Gasteiger partial charge in [-0.1, -0.05) is 0 Å². The van der Waals surface area contributed by atoms with E-state index in [-0.39, 0.29) is 0 Å². The lowest BCUT2D eigenvalue weighted by atomic mass is 9.95. The van der Waals surface area contributed by atoms with Crippen LogP contribution in [0.15, 0.2) is 12.4 Å². The van der Waals surface area contributed by atoms with E-state index in [1.807, 2.05) is 24.0 Å². The summed E-state index contributed by atoms with van der Waals surface area (Å²) in [5.41, 5.74) is 9.01. The zero-order chi connectivity index (χ0) is 11.8. The van der Waals surface area contributed by atoms with Gasteiger partial charge in [-0.05, 0) is 19.4 Å². The number of nitrogens with two attached hydrogens (primary N) is 1. The molecule has 0 spiro atoms. The van der Waals surface area contributed by atoms with Crippen LogP contribution in [-0.4, -0.2) is 27.6 Å². The van der Waals surface area contributed by atoms with E-state index in [1.54, 1.807) is 0 Å². The zero-order valence-electron chi connectivity index (χ0n) is 9.98. The standard InChI is InChI=1S/C12H17N5/c1-17-7-15-9-5-10(13)16-11(12(9)17)8-3-2-4-14-6-8/h5,7-8,14H,2-4,6H2,1H3,(H2,13,16). The fraction of sp³-hybridized carbons (Fsp3) is 0.500. The average molecular weight is 231 g/mol. The van der Waals surface area contributed by atoms with Gasteiger partial charge in [0.05, 0.1) is 23.1 Å². The number of pyridine rings is 1. The third kappa shape index (κ3) is 1.76. The van der Waals surface area contributed by atoms with E-state index < -0.39 is 0 Å². The quantitative estimate of drug-likeness (QED) is 0.768. The molecule has 0 amide bonds. The average Bonchev–Trinajstić information content (AvgIpc) is 2.71. The summed E-state index contributed by atoms with van der Waals surface area (Å²) in [6.45, 7) is 2.09. The Balaban J connectivity index is 2.15. The molecule has 5 nitrogen and oxygen atoms in total. The molecule has 1 unspecified atom stereocenters. The molecule has 3 rings (SSSR count). The molecule has 0 bridgehead atoms. The summed E-state index contributed by atoms with van der Waals surface area (Å²) in [7, 11) is 2.01. The third-order valence-electron chi connectivity index (χ3n) is 3.43. The minimum absolute atomic E-state index is 0.449. The summed E-state index contributed by atoms with van der Waals surface area (Å²) in [6, 6.07) is 1.84. The van der Waals surface area contributed by atoms with Crippen molar-refractivity contribution in [2.24, 2.45) is 7.05 Å². The van der Waals surface area contributed by atoms with Crippen molar-refractivity contribution >= 4 is 16.9 Å². The highest BCUT2D eigenvalue weighted by Gasteiger charge is 2.21. The molecule has 5 heteroatoms. The molecule has 3 heterocycles. The van der Waals surface area contributed by atoms with Gasteiger partial charge in [-0.2, -0.15) is 0 Å². The highest BCUT2D eigenvalue weighted by atomic mass is 15.0. The Morgan fingerprint density at radius 3 is 3.18 bits per heavy atom. The van der Waals surface area contributed by atoms with Crippen LogP contribution < -0.4 is 11.1 Å². The molecule has 90 valence electrons. The highest BCUT2D eigenvalue weighted by Crippen LogP contribution is 2.28. The second kappa shape index (κ2) is 4.00. The molecule has 17 heavy (non-hydrogen) atoms. The van der Waals surface area contributed by atoms with Gasteiger partial charge in [0, 0.05) is 25.6 Å². The molecule has 0 saturated carbocycles. The number of nitrogen functional groups attached to an aromatic ring is 1. The van der Waals surface area contributed by atoms with Gasteiger partial charge < -0.3 is 15.6 Å². The van der Waals surface area contributed by atoms with Crippen LogP contribution in [0.25, 0.3) is 11.0 Å². The predicted octanol–water partition coefficient (Wildman–Crippen LogP) is 1.02. The van der Waals surface area contributed by atoms with Crippen LogP contribution in [0.2, 0.25) is 0 Å². The summed E-state index contributed by atoms with van der Waals surface area (Å²) < 4.78 is 2.03. The van der Waals surface area contributed by atoms with Crippen molar-refractivity contribution in [2.75, 3.05) is 18.8 Å². The highest BCUT2D eigenvalue weighted by molar-refractivity contribution is 5.80. The van der Waals surface area contributed by atoms with Crippen LogP contribution in [0.3, 0.4) is 0 Å². The van der Waals surface area contributed by atoms with Gasteiger partial charge in [0.15, 0.2) is 0 Å². The van der Waals surface area contributed by atoms with Crippen molar-refractivity contribution in [3.8, 4) is 0 Å². The third-order valence-corrected chi connectivity index (χ3v) is 3.43. The SMILES string of the molecule is Cn1cnc2cc(N)nc(C3CCCNC3)c21. The largest absolute Gasteiger partial charge is 0.384 e. The number of fused-ring (bicyclic) bond motifs is 1. The van der Waals surface area contributed by atoms with E-state index in [2.05, 4.69) is 15.3 Å². The van der Waals surface area contributed by atoms with Crippen LogP contribution in [0.5, 0.6) is 0 Å². The monoisotopic (exact) mass is 231 g/mol. The zero-order valence-corrected chi connectivity index (χ0v) is 9.98. The van der Waals surface area contributed by atoms with Crippen molar-refractivity contribution in [2.45, 2.75) is 18.8 Å². The molecule has 0 aliphatic carbocycles. The van der Waals surface area contributed by atoms with Gasteiger partial charge in [-0.3, -0.25) is 0 Å². The van der Waals surface area contributed by atoms with E-state index in [4.69, 9.17) is 5.73 Å². The molecule has 0 aromatic carbocycles. The molecule has 1 saturated heterocycles. The minimum Gasteiger partial charge on any atom is -0.384 e. The summed E-state index contributed by atoms with van der Waals surface area (Å²) in [5, 5.41) is 3.42. The molecule has 2 aromatic heterocycles. The van der Waals surface area contributed by atoms with E-state index in [1.165, 1.54) is 12.8 Å². The minimum atomic E-state index is 0.449. The van der Waals surface area contributed by atoms with Gasteiger partial charge in [0.1, 0.15) is 5.82 Å². The maximum absolute atomic E-state index is 5.86. The molecular weight excluding hydrogens is 214 g/mol. The van der Waals surface area contributed by atoms with Gasteiger partial charge in [-0.15, -0.1) is 0 Å². The first-order valence-corrected chi connectivity index (χ1v) is 6.04. The summed E-state index contributed by atoms with van der Waals surface area (Å²) >= 11 is 0. The second-order valence-electron chi connectivity index (χ2n) is 4.70. The number of anilines is 1. The van der Waals surface area contributed by atoms with Crippen molar-refractivity contribution in [3.63, 3.8) is 0 Å². The Morgan fingerprint density at radius 2 is 2.41 bits per heavy atom. The van der Waals surface area contributed by atoms with Crippen LogP contribution in [0.4, 0.5) is 5.82 Å². The smallest absolute Gasteiger partial charge is 0.125 e. The Labute approximate surface area is 100 Å². The Kier molecular flexibility index (Phi) is 2.48. The molecule has 1 atom stereocenters. The Morgan fingerprint density at radius 1 is 1.53 bits per heavy atom. The number of hydrogen-bond donors (Lipinski definition) is 2. The first-order valence-electron chi connectivity index (χ1n) is 6.04. The normalized spacial score (nSPS) is 20.9. The van der Waals surface area contributed by atoms with Crippen LogP contribution in [0, 0.1) is 0 Å². The molecule has 1 fully saturated rings. The first-order chi connectivity index (χ1) is 8.25. The number of nitrogens with one attached hydrogen (secondary N) is 1. The van der Waals surface area contributed by atoms with E-state index in [0.29, 0.717) is 11.7 Å². The van der Waals surface area contributed by atoms with Crippen molar-refractivity contribution in [1.29, 1.82) is 0 Å². The molecule has 1 aliphatic rings. The number of piperidine rings is 1. The van der Waals surface area contributed by atoms with Gasteiger partial charge in [-0.25, -0.2) is 9.97 Å². The van der Waals surface area contributed by atoms with E-state index in [9.17, 15) is 0 Å². The number of rotatable bonds is 1. The summed E-state index contributed by atoms with van der Waals surface area (Å²) in [4.78, 5) is 8.89. The lowest BCUT2D eigenvalue weighted by Crippen LogP contribution is -2.29. The van der Waals surface area contributed by atoms with Crippen molar-refractivity contribution < 1.29 is 0 Å². The number of hydrogen-bond acceptors (Lipinski definition) is 4. The fourth-order valence-electron chi connectivity index (χ4n) is 2.60.